The molecule has 0 amide bonds. The molecule has 116 valence electrons. The molecule has 2 aromatic heterocycles. The highest BCUT2D eigenvalue weighted by Crippen LogP contribution is 2.24. The summed E-state index contributed by atoms with van der Waals surface area (Å²) in [5.74, 6) is 1.84. The molecule has 0 fully saturated rings. The van der Waals surface area contributed by atoms with Crippen LogP contribution in [0.5, 0.6) is 5.88 Å². The molecule has 0 aliphatic carbocycles. The second-order valence-electron chi connectivity index (χ2n) is 5.30. The Balaban J connectivity index is 2.51. The van der Waals surface area contributed by atoms with Crippen molar-refractivity contribution in [2.75, 3.05) is 19.6 Å². The van der Waals surface area contributed by atoms with Crippen molar-refractivity contribution in [2.45, 2.75) is 39.3 Å². The Labute approximate surface area is 129 Å². The molecule has 7 heteroatoms. The predicted octanol–water partition coefficient (Wildman–Crippen LogP) is 2.43. The Bertz CT molecular complexity index is 612. The third-order valence-corrected chi connectivity index (χ3v) is 3.35. The first-order valence-corrected chi connectivity index (χ1v) is 7.50. The maximum absolute atomic E-state index is 5.89. The van der Waals surface area contributed by atoms with Gasteiger partial charge in [0, 0.05) is 18.9 Å². The van der Waals surface area contributed by atoms with Crippen molar-refractivity contribution in [3.63, 3.8) is 0 Å². The molecule has 0 radical (unpaired) electrons. The molecule has 2 rings (SSSR count). The van der Waals surface area contributed by atoms with Crippen LogP contribution in [0, 0.1) is 0 Å². The van der Waals surface area contributed by atoms with Gasteiger partial charge in [-0.25, -0.2) is 9.97 Å². The number of ether oxygens (including phenoxy) is 2. The van der Waals surface area contributed by atoms with Gasteiger partial charge in [-0.05, 0) is 20.8 Å². The van der Waals surface area contributed by atoms with Crippen LogP contribution in [0.1, 0.15) is 26.6 Å². The number of fused-ring (bicyclic) bond motifs is 1. The van der Waals surface area contributed by atoms with Gasteiger partial charge in [0.15, 0.2) is 11.2 Å². The summed E-state index contributed by atoms with van der Waals surface area (Å²) >= 11 is 5.89. The lowest BCUT2D eigenvalue weighted by Crippen LogP contribution is -2.31. The minimum absolute atomic E-state index is 0.318. The van der Waals surface area contributed by atoms with Gasteiger partial charge in [-0.3, -0.25) is 0 Å². The standard InChI is InChI=1S/C14H21ClN4O2/c1-5-21-14(2,3)8-19-10(6-7-15)18-11-12(19)16-9-17-13(11)20-4/h9H,5-8H2,1-4H3. The fraction of sp³-hybridized carbons (Fsp3) is 0.643. The first kappa shape index (κ1) is 16.0. The molecular weight excluding hydrogens is 292 g/mol. The topological polar surface area (TPSA) is 62.1 Å². The summed E-state index contributed by atoms with van der Waals surface area (Å²) in [6, 6.07) is 0. The summed E-state index contributed by atoms with van der Waals surface area (Å²) in [7, 11) is 1.58. The van der Waals surface area contributed by atoms with E-state index < -0.39 is 0 Å². The summed E-state index contributed by atoms with van der Waals surface area (Å²) < 4.78 is 13.1. The zero-order valence-corrected chi connectivity index (χ0v) is 13.6. The highest BCUT2D eigenvalue weighted by Gasteiger charge is 2.24. The molecule has 0 saturated carbocycles. The summed E-state index contributed by atoms with van der Waals surface area (Å²) in [6.07, 6.45) is 2.14. The van der Waals surface area contributed by atoms with Crippen molar-refractivity contribution in [2.24, 2.45) is 0 Å². The van der Waals surface area contributed by atoms with Crippen molar-refractivity contribution in [3.8, 4) is 5.88 Å². The monoisotopic (exact) mass is 312 g/mol. The van der Waals surface area contributed by atoms with Crippen molar-refractivity contribution >= 4 is 22.8 Å². The molecule has 0 spiro atoms. The van der Waals surface area contributed by atoms with E-state index in [9.17, 15) is 0 Å². The number of methoxy groups -OCH3 is 1. The van der Waals surface area contributed by atoms with Crippen LogP contribution in [0.4, 0.5) is 0 Å². The van der Waals surface area contributed by atoms with E-state index >= 15 is 0 Å². The molecule has 0 aliphatic heterocycles. The van der Waals surface area contributed by atoms with E-state index in [1.165, 1.54) is 6.33 Å². The first-order valence-electron chi connectivity index (χ1n) is 6.96. The Morgan fingerprint density at radius 2 is 2.10 bits per heavy atom. The average Bonchev–Trinajstić information content (AvgIpc) is 2.77. The SMILES string of the molecule is CCOC(C)(C)Cn1c(CCCl)nc2c(OC)ncnc21. The molecule has 2 heterocycles. The van der Waals surface area contributed by atoms with Crippen molar-refractivity contribution in [3.05, 3.63) is 12.2 Å². The normalized spacial score (nSPS) is 12.0. The van der Waals surface area contributed by atoms with E-state index in [1.54, 1.807) is 7.11 Å². The second-order valence-corrected chi connectivity index (χ2v) is 5.68. The number of nitrogens with zero attached hydrogens (tertiary/aromatic N) is 4. The number of alkyl halides is 1. The summed E-state index contributed by atoms with van der Waals surface area (Å²) in [6.45, 7) is 7.38. The smallest absolute Gasteiger partial charge is 0.245 e. The number of rotatable bonds is 7. The number of aromatic nitrogens is 4. The van der Waals surface area contributed by atoms with Gasteiger partial charge in [0.05, 0.1) is 19.3 Å². The lowest BCUT2D eigenvalue weighted by molar-refractivity contribution is -0.0222. The van der Waals surface area contributed by atoms with E-state index in [-0.39, 0.29) is 5.60 Å². The van der Waals surface area contributed by atoms with Crippen molar-refractivity contribution in [1.29, 1.82) is 0 Å². The summed E-state index contributed by atoms with van der Waals surface area (Å²) in [5, 5.41) is 0. The van der Waals surface area contributed by atoms with Gasteiger partial charge in [0.1, 0.15) is 12.2 Å². The maximum Gasteiger partial charge on any atom is 0.245 e. The Hall–Kier alpha value is -1.40. The summed E-state index contributed by atoms with van der Waals surface area (Å²) in [5.41, 5.74) is 1.09. The Morgan fingerprint density at radius 3 is 2.71 bits per heavy atom. The van der Waals surface area contributed by atoms with E-state index in [2.05, 4.69) is 15.0 Å². The van der Waals surface area contributed by atoms with Gasteiger partial charge in [-0.2, -0.15) is 4.98 Å². The molecule has 0 unspecified atom stereocenters. The Morgan fingerprint density at radius 1 is 1.33 bits per heavy atom. The molecule has 0 N–H and O–H groups in total. The number of hydrogen-bond donors (Lipinski definition) is 0. The molecule has 21 heavy (non-hydrogen) atoms. The number of aryl methyl sites for hydroxylation is 1. The van der Waals surface area contributed by atoms with Gasteiger partial charge in [-0.15, -0.1) is 11.6 Å². The largest absolute Gasteiger partial charge is 0.479 e. The fourth-order valence-corrected chi connectivity index (χ4v) is 2.54. The first-order chi connectivity index (χ1) is 10.0. The van der Waals surface area contributed by atoms with E-state index in [1.807, 2.05) is 25.3 Å². The van der Waals surface area contributed by atoms with Crippen LogP contribution in [0.3, 0.4) is 0 Å². The minimum Gasteiger partial charge on any atom is -0.479 e. The van der Waals surface area contributed by atoms with Crippen LogP contribution in [0.2, 0.25) is 0 Å². The third kappa shape index (κ3) is 3.44. The average molecular weight is 313 g/mol. The second kappa shape index (κ2) is 6.58. The molecule has 6 nitrogen and oxygen atoms in total. The molecule has 0 aliphatic rings. The van der Waals surface area contributed by atoms with Crippen LogP contribution in [-0.4, -0.2) is 44.7 Å². The Kier molecular flexibility index (Phi) is 5.00. The molecular formula is C14H21ClN4O2. The van der Waals surface area contributed by atoms with E-state index in [0.29, 0.717) is 36.8 Å². The third-order valence-electron chi connectivity index (χ3n) is 3.16. The summed E-state index contributed by atoms with van der Waals surface area (Å²) in [4.78, 5) is 13.0. The van der Waals surface area contributed by atoms with Crippen LogP contribution < -0.4 is 4.74 Å². The van der Waals surface area contributed by atoms with Gasteiger partial charge >= 0.3 is 0 Å². The van der Waals surface area contributed by atoms with Crippen molar-refractivity contribution in [1.82, 2.24) is 19.5 Å². The minimum atomic E-state index is -0.318. The molecule has 0 saturated heterocycles. The fourth-order valence-electron chi connectivity index (χ4n) is 2.37. The van der Waals surface area contributed by atoms with Crippen LogP contribution in [0.25, 0.3) is 11.2 Å². The molecule has 0 aromatic carbocycles. The number of imidazole rings is 1. The number of halogens is 1. The highest BCUT2D eigenvalue weighted by atomic mass is 35.5. The van der Waals surface area contributed by atoms with Crippen LogP contribution >= 0.6 is 11.6 Å². The van der Waals surface area contributed by atoms with E-state index in [0.717, 1.165) is 11.5 Å². The number of hydrogen-bond acceptors (Lipinski definition) is 5. The van der Waals surface area contributed by atoms with Crippen LogP contribution in [0.15, 0.2) is 6.33 Å². The lowest BCUT2D eigenvalue weighted by Gasteiger charge is -2.26. The molecule has 0 bridgehead atoms. The van der Waals surface area contributed by atoms with Gasteiger partial charge in [0.2, 0.25) is 5.88 Å². The molecule has 2 aromatic rings. The van der Waals surface area contributed by atoms with Crippen molar-refractivity contribution < 1.29 is 9.47 Å². The van der Waals surface area contributed by atoms with Crippen LogP contribution in [-0.2, 0) is 17.7 Å². The van der Waals surface area contributed by atoms with Gasteiger partial charge < -0.3 is 14.0 Å². The highest BCUT2D eigenvalue weighted by molar-refractivity contribution is 6.17. The molecule has 0 atom stereocenters. The maximum atomic E-state index is 5.89. The zero-order chi connectivity index (χ0) is 15.5. The lowest BCUT2D eigenvalue weighted by atomic mass is 10.1. The predicted molar refractivity (Wildman–Crippen MR) is 82.0 cm³/mol. The van der Waals surface area contributed by atoms with Gasteiger partial charge in [-0.1, -0.05) is 0 Å². The quantitative estimate of drug-likeness (QED) is 0.735. The zero-order valence-electron chi connectivity index (χ0n) is 12.9. The van der Waals surface area contributed by atoms with Gasteiger partial charge in [0.25, 0.3) is 0 Å². The van der Waals surface area contributed by atoms with E-state index in [4.69, 9.17) is 21.1 Å².